The summed E-state index contributed by atoms with van der Waals surface area (Å²) in [6.45, 7) is 8.66. The third-order valence-corrected chi connectivity index (χ3v) is 8.03. The molecule has 0 spiro atoms. The Bertz CT molecular complexity index is 1770. The summed E-state index contributed by atoms with van der Waals surface area (Å²) in [6, 6.07) is 25.3. The predicted molar refractivity (Wildman–Crippen MR) is 161 cm³/mol. The van der Waals surface area contributed by atoms with E-state index in [0.29, 0.717) is 17.7 Å². The monoisotopic (exact) mass is 570 g/mol. The largest absolute Gasteiger partial charge is 0.496 e. The SMILES string of the molecule is COc1cc(C(F)(F)F)ccc1[C@@H](C)NC(=O)c1ccc2c(c1)c(C)c(C)n2Cc1ccc(-c2ccccc2C)cc1. The van der Waals surface area contributed by atoms with E-state index in [-0.39, 0.29) is 11.7 Å². The van der Waals surface area contributed by atoms with Gasteiger partial charge >= 0.3 is 6.18 Å². The smallest absolute Gasteiger partial charge is 0.416 e. The van der Waals surface area contributed by atoms with Crippen LogP contribution in [0, 0.1) is 20.8 Å². The molecule has 1 atom stereocenters. The first kappa shape index (κ1) is 29.0. The molecule has 1 N–H and O–H groups in total. The quantitative estimate of drug-likeness (QED) is 0.213. The van der Waals surface area contributed by atoms with Gasteiger partial charge in [0.25, 0.3) is 5.91 Å². The van der Waals surface area contributed by atoms with Gasteiger partial charge < -0.3 is 14.6 Å². The first-order valence-electron chi connectivity index (χ1n) is 13.8. The molecule has 216 valence electrons. The Hall–Kier alpha value is -4.52. The number of hydrogen-bond donors (Lipinski definition) is 1. The van der Waals surface area contributed by atoms with E-state index in [1.54, 1.807) is 13.0 Å². The summed E-state index contributed by atoms with van der Waals surface area (Å²) in [5.41, 5.74) is 8.19. The molecule has 0 fully saturated rings. The van der Waals surface area contributed by atoms with E-state index in [1.165, 1.54) is 35.4 Å². The van der Waals surface area contributed by atoms with Crippen LogP contribution in [-0.4, -0.2) is 17.6 Å². The van der Waals surface area contributed by atoms with Crippen molar-refractivity contribution >= 4 is 16.8 Å². The molecule has 0 aliphatic carbocycles. The molecule has 4 aromatic carbocycles. The summed E-state index contributed by atoms with van der Waals surface area (Å²) in [4.78, 5) is 13.2. The van der Waals surface area contributed by atoms with E-state index < -0.39 is 17.8 Å². The number of carbonyl (C=O) groups excluding carboxylic acids is 1. The average Bonchev–Trinajstić information content (AvgIpc) is 3.21. The van der Waals surface area contributed by atoms with Crippen molar-refractivity contribution in [3.8, 4) is 16.9 Å². The van der Waals surface area contributed by atoms with E-state index in [9.17, 15) is 18.0 Å². The maximum atomic E-state index is 13.2. The number of amides is 1. The van der Waals surface area contributed by atoms with Crippen molar-refractivity contribution in [2.75, 3.05) is 7.11 Å². The van der Waals surface area contributed by atoms with Crippen molar-refractivity contribution in [2.45, 2.75) is 46.5 Å². The third kappa shape index (κ3) is 5.64. The zero-order valence-electron chi connectivity index (χ0n) is 24.3. The fourth-order valence-corrected chi connectivity index (χ4v) is 5.47. The van der Waals surface area contributed by atoms with Gasteiger partial charge in [-0.05, 0) is 85.8 Å². The Morgan fingerprint density at radius 3 is 2.31 bits per heavy atom. The van der Waals surface area contributed by atoms with Crippen LogP contribution in [0.4, 0.5) is 13.2 Å². The molecule has 5 aromatic rings. The first-order chi connectivity index (χ1) is 20.0. The van der Waals surface area contributed by atoms with Gasteiger partial charge in [-0.3, -0.25) is 4.79 Å². The summed E-state index contributed by atoms with van der Waals surface area (Å²) < 4.78 is 46.9. The lowest BCUT2D eigenvalue weighted by molar-refractivity contribution is -0.137. The van der Waals surface area contributed by atoms with Gasteiger partial charge in [0.1, 0.15) is 5.75 Å². The second-order valence-electron chi connectivity index (χ2n) is 10.7. The summed E-state index contributed by atoms with van der Waals surface area (Å²) >= 11 is 0. The number of hydrogen-bond acceptors (Lipinski definition) is 2. The Kier molecular flexibility index (Phi) is 7.87. The molecular weight excluding hydrogens is 537 g/mol. The predicted octanol–water partition coefficient (Wildman–Crippen LogP) is 8.80. The molecule has 0 saturated heterocycles. The maximum absolute atomic E-state index is 13.2. The van der Waals surface area contributed by atoms with E-state index in [1.807, 2.05) is 25.1 Å². The van der Waals surface area contributed by atoms with Gasteiger partial charge in [-0.1, -0.05) is 54.6 Å². The Morgan fingerprint density at radius 1 is 0.929 bits per heavy atom. The zero-order chi connectivity index (χ0) is 30.2. The van der Waals surface area contributed by atoms with Crippen LogP contribution in [0.1, 0.15) is 56.8 Å². The van der Waals surface area contributed by atoms with Crippen LogP contribution < -0.4 is 10.1 Å². The number of methoxy groups -OCH3 is 1. The molecule has 1 amide bonds. The number of carbonyl (C=O) groups is 1. The Morgan fingerprint density at radius 2 is 1.64 bits per heavy atom. The normalized spacial score (nSPS) is 12.4. The van der Waals surface area contributed by atoms with Gasteiger partial charge in [-0.25, -0.2) is 0 Å². The fourth-order valence-electron chi connectivity index (χ4n) is 5.47. The lowest BCUT2D eigenvalue weighted by Crippen LogP contribution is -2.27. The number of rotatable bonds is 7. The number of ether oxygens (including phenoxy) is 1. The molecule has 4 nitrogen and oxygen atoms in total. The van der Waals surface area contributed by atoms with Crippen molar-refractivity contribution in [3.63, 3.8) is 0 Å². The number of halogens is 3. The molecule has 0 saturated carbocycles. The molecule has 0 radical (unpaired) electrons. The number of nitrogens with one attached hydrogen (secondary N) is 1. The van der Waals surface area contributed by atoms with E-state index in [0.717, 1.165) is 34.3 Å². The number of alkyl halides is 3. The standard InChI is InChI=1S/C35H33F3N2O2/c1-21-8-6-7-9-29(21)26-12-10-25(11-13-26)20-40-24(4)22(2)31-18-27(14-17-32(31)40)34(41)39-23(3)30-16-15-28(35(36,37)38)19-33(30)42-5/h6-19,23H,20H2,1-5H3,(H,39,41)/t23-/m1/s1. The highest BCUT2D eigenvalue weighted by Gasteiger charge is 2.32. The number of nitrogens with zero attached hydrogens (tertiary/aromatic N) is 1. The minimum Gasteiger partial charge on any atom is -0.496 e. The molecule has 0 aliphatic heterocycles. The Balaban J connectivity index is 1.37. The molecule has 0 aliphatic rings. The molecule has 5 rings (SSSR count). The minimum atomic E-state index is -4.48. The molecule has 42 heavy (non-hydrogen) atoms. The Labute approximate surface area is 243 Å². The fraction of sp³-hybridized carbons (Fsp3) is 0.229. The molecule has 7 heteroatoms. The van der Waals surface area contributed by atoms with Crippen molar-refractivity contribution in [1.82, 2.24) is 9.88 Å². The second kappa shape index (κ2) is 11.4. The van der Waals surface area contributed by atoms with Gasteiger partial charge in [0.05, 0.1) is 18.7 Å². The zero-order valence-corrected chi connectivity index (χ0v) is 24.3. The summed E-state index contributed by atoms with van der Waals surface area (Å²) in [5.74, 6) is -0.244. The highest BCUT2D eigenvalue weighted by molar-refractivity contribution is 5.99. The van der Waals surface area contributed by atoms with Crippen molar-refractivity contribution < 1.29 is 22.7 Å². The number of aromatic nitrogens is 1. The minimum absolute atomic E-state index is 0.0727. The van der Waals surface area contributed by atoms with Gasteiger partial charge in [0, 0.05) is 34.3 Å². The molecule has 0 unspecified atom stereocenters. The lowest BCUT2D eigenvalue weighted by atomic mass is 9.99. The lowest BCUT2D eigenvalue weighted by Gasteiger charge is -2.19. The highest BCUT2D eigenvalue weighted by Crippen LogP contribution is 2.35. The van der Waals surface area contributed by atoms with Crippen molar-refractivity contribution in [1.29, 1.82) is 0 Å². The molecule has 1 aromatic heterocycles. The maximum Gasteiger partial charge on any atom is 0.416 e. The van der Waals surface area contributed by atoms with Gasteiger partial charge in [-0.15, -0.1) is 0 Å². The summed E-state index contributed by atoms with van der Waals surface area (Å²) in [6.07, 6.45) is -4.48. The number of aryl methyl sites for hydroxylation is 2. The molecule has 1 heterocycles. The number of benzene rings is 4. The summed E-state index contributed by atoms with van der Waals surface area (Å²) in [5, 5.41) is 3.89. The van der Waals surface area contributed by atoms with Crippen LogP contribution in [0.5, 0.6) is 5.75 Å². The van der Waals surface area contributed by atoms with E-state index in [4.69, 9.17) is 4.74 Å². The van der Waals surface area contributed by atoms with Gasteiger partial charge in [0.2, 0.25) is 0 Å². The van der Waals surface area contributed by atoms with Crippen LogP contribution in [0.25, 0.3) is 22.0 Å². The highest BCUT2D eigenvalue weighted by atomic mass is 19.4. The van der Waals surface area contributed by atoms with Crippen LogP contribution >= 0.6 is 0 Å². The topological polar surface area (TPSA) is 43.3 Å². The first-order valence-corrected chi connectivity index (χ1v) is 13.8. The third-order valence-electron chi connectivity index (χ3n) is 8.03. The average molecular weight is 571 g/mol. The van der Waals surface area contributed by atoms with Crippen LogP contribution in [0.15, 0.2) is 84.9 Å². The number of fused-ring (bicyclic) bond motifs is 1. The van der Waals surface area contributed by atoms with Crippen LogP contribution in [-0.2, 0) is 12.7 Å². The molecule has 0 bridgehead atoms. The van der Waals surface area contributed by atoms with Gasteiger partial charge in [0.15, 0.2) is 0 Å². The van der Waals surface area contributed by atoms with Crippen molar-refractivity contribution in [2.24, 2.45) is 0 Å². The van der Waals surface area contributed by atoms with E-state index >= 15 is 0 Å². The molecular formula is C35H33F3N2O2. The second-order valence-corrected chi connectivity index (χ2v) is 10.7. The van der Waals surface area contributed by atoms with Crippen molar-refractivity contribution in [3.05, 3.63) is 124 Å². The van der Waals surface area contributed by atoms with E-state index in [2.05, 4.69) is 66.2 Å². The van der Waals surface area contributed by atoms with Crippen LogP contribution in [0.2, 0.25) is 0 Å². The summed E-state index contributed by atoms with van der Waals surface area (Å²) in [7, 11) is 1.32. The van der Waals surface area contributed by atoms with Gasteiger partial charge in [-0.2, -0.15) is 13.2 Å². The van der Waals surface area contributed by atoms with Crippen LogP contribution in [0.3, 0.4) is 0 Å².